The zero-order chi connectivity index (χ0) is 11.5. The first-order valence-corrected chi connectivity index (χ1v) is 4.87. The molecule has 0 radical (unpaired) electrons. The monoisotopic (exact) mass is 218 g/mol. The van der Waals surface area contributed by atoms with Gasteiger partial charge in [0.15, 0.2) is 0 Å². The second-order valence-corrected chi connectivity index (χ2v) is 3.60. The third-order valence-corrected chi connectivity index (χ3v) is 2.35. The fourth-order valence-corrected chi connectivity index (χ4v) is 1.49. The molecule has 0 saturated carbocycles. The summed E-state index contributed by atoms with van der Waals surface area (Å²) in [5, 5.41) is 9.94. The van der Waals surface area contributed by atoms with Crippen LogP contribution < -0.4 is 0 Å². The molecule has 0 aliphatic carbocycles. The third kappa shape index (κ3) is 2.06. The number of nitrogens with zero attached hydrogens (tertiary/aromatic N) is 2. The number of aromatic nitrogens is 2. The van der Waals surface area contributed by atoms with Crippen molar-refractivity contribution in [3.63, 3.8) is 0 Å². The number of halogens is 1. The van der Waals surface area contributed by atoms with Gasteiger partial charge in [0.05, 0.1) is 0 Å². The maximum Gasteiger partial charge on any atom is 0.129 e. The standard InChI is InChI=1S/C12H11FN2O/c1-8-2-3-10(11(13)4-8)12(16)9-5-14-7-15-6-9/h2-7,12,16H,1H3. The molecule has 1 N–H and O–H groups in total. The Morgan fingerprint density at radius 2 is 1.94 bits per heavy atom. The quantitative estimate of drug-likeness (QED) is 0.838. The van der Waals surface area contributed by atoms with Gasteiger partial charge in [-0.05, 0) is 18.6 Å². The molecule has 1 aromatic carbocycles. The second kappa shape index (κ2) is 4.37. The molecule has 0 aliphatic heterocycles. The Labute approximate surface area is 92.6 Å². The summed E-state index contributed by atoms with van der Waals surface area (Å²) in [7, 11) is 0. The van der Waals surface area contributed by atoms with Gasteiger partial charge in [0.25, 0.3) is 0 Å². The maximum absolute atomic E-state index is 13.6. The molecule has 0 amide bonds. The Bertz CT molecular complexity index is 488. The van der Waals surface area contributed by atoms with Crippen molar-refractivity contribution in [3.8, 4) is 0 Å². The van der Waals surface area contributed by atoms with E-state index in [2.05, 4.69) is 9.97 Å². The first kappa shape index (κ1) is 10.7. The highest BCUT2D eigenvalue weighted by Crippen LogP contribution is 2.23. The molecule has 82 valence electrons. The molecular weight excluding hydrogens is 207 g/mol. The van der Waals surface area contributed by atoms with E-state index >= 15 is 0 Å². The molecule has 0 fully saturated rings. The Morgan fingerprint density at radius 1 is 1.25 bits per heavy atom. The van der Waals surface area contributed by atoms with Crippen molar-refractivity contribution in [1.29, 1.82) is 0 Å². The Hall–Kier alpha value is -1.81. The minimum Gasteiger partial charge on any atom is -0.383 e. The lowest BCUT2D eigenvalue weighted by Gasteiger charge is -2.11. The molecule has 2 rings (SSSR count). The van der Waals surface area contributed by atoms with E-state index in [1.165, 1.54) is 24.8 Å². The van der Waals surface area contributed by atoms with E-state index in [1.807, 2.05) is 0 Å². The normalized spacial score (nSPS) is 12.4. The van der Waals surface area contributed by atoms with Crippen LogP contribution in [0.4, 0.5) is 4.39 Å². The summed E-state index contributed by atoms with van der Waals surface area (Å²) < 4.78 is 13.6. The number of rotatable bonds is 2. The van der Waals surface area contributed by atoms with Crippen molar-refractivity contribution in [1.82, 2.24) is 9.97 Å². The van der Waals surface area contributed by atoms with Crippen molar-refractivity contribution in [2.24, 2.45) is 0 Å². The molecule has 3 nitrogen and oxygen atoms in total. The Kier molecular flexibility index (Phi) is 2.92. The number of aliphatic hydroxyl groups is 1. The number of aryl methyl sites for hydroxylation is 1. The molecule has 1 heterocycles. The summed E-state index contributed by atoms with van der Waals surface area (Å²) in [6.45, 7) is 1.80. The number of hydrogen-bond acceptors (Lipinski definition) is 3. The van der Waals surface area contributed by atoms with Gasteiger partial charge in [-0.2, -0.15) is 0 Å². The summed E-state index contributed by atoms with van der Waals surface area (Å²) in [6, 6.07) is 4.72. The van der Waals surface area contributed by atoms with Gasteiger partial charge in [-0.1, -0.05) is 12.1 Å². The van der Waals surface area contributed by atoms with Crippen molar-refractivity contribution in [2.75, 3.05) is 0 Å². The molecule has 1 aromatic heterocycles. The van der Waals surface area contributed by atoms with Crippen LogP contribution in [0.5, 0.6) is 0 Å². The van der Waals surface area contributed by atoms with Gasteiger partial charge in [0.1, 0.15) is 18.2 Å². The lowest BCUT2D eigenvalue weighted by atomic mass is 10.0. The van der Waals surface area contributed by atoms with Crippen LogP contribution in [0.3, 0.4) is 0 Å². The molecule has 0 bridgehead atoms. The van der Waals surface area contributed by atoms with Crippen molar-refractivity contribution < 1.29 is 9.50 Å². The van der Waals surface area contributed by atoms with Gasteiger partial charge >= 0.3 is 0 Å². The molecule has 4 heteroatoms. The predicted octanol–water partition coefficient (Wildman–Crippen LogP) is 2.01. The lowest BCUT2D eigenvalue weighted by molar-refractivity contribution is 0.214. The highest BCUT2D eigenvalue weighted by atomic mass is 19.1. The summed E-state index contributed by atoms with van der Waals surface area (Å²) in [6.07, 6.45) is 3.28. The molecule has 1 unspecified atom stereocenters. The minimum absolute atomic E-state index is 0.236. The Morgan fingerprint density at radius 3 is 2.56 bits per heavy atom. The van der Waals surface area contributed by atoms with E-state index in [0.717, 1.165) is 5.56 Å². The third-order valence-electron chi connectivity index (χ3n) is 2.35. The van der Waals surface area contributed by atoms with Crippen LogP contribution >= 0.6 is 0 Å². The highest BCUT2D eigenvalue weighted by molar-refractivity contribution is 5.30. The zero-order valence-corrected chi connectivity index (χ0v) is 8.76. The van der Waals surface area contributed by atoms with Gasteiger partial charge in [-0.15, -0.1) is 0 Å². The largest absolute Gasteiger partial charge is 0.383 e. The molecule has 0 aliphatic rings. The fraction of sp³-hybridized carbons (Fsp3) is 0.167. The summed E-state index contributed by atoms with van der Waals surface area (Å²) in [5.74, 6) is -0.420. The highest BCUT2D eigenvalue weighted by Gasteiger charge is 2.15. The zero-order valence-electron chi connectivity index (χ0n) is 8.76. The SMILES string of the molecule is Cc1ccc(C(O)c2cncnc2)c(F)c1. The van der Waals surface area contributed by atoms with E-state index in [1.54, 1.807) is 19.1 Å². The topological polar surface area (TPSA) is 46.0 Å². The molecular formula is C12H11FN2O. The van der Waals surface area contributed by atoms with Crippen LogP contribution in [0.15, 0.2) is 36.9 Å². The van der Waals surface area contributed by atoms with Crippen LogP contribution in [-0.4, -0.2) is 15.1 Å². The summed E-state index contributed by atoms with van der Waals surface area (Å²) >= 11 is 0. The van der Waals surface area contributed by atoms with Crippen LogP contribution in [-0.2, 0) is 0 Å². The molecule has 2 aromatic rings. The number of benzene rings is 1. The lowest BCUT2D eigenvalue weighted by Crippen LogP contribution is -2.03. The van der Waals surface area contributed by atoms with Gasteiger partial charge in [0, 0.05) is 23.5 Å². The van der Waals surface area contributed by atoms with Gasteiger partial charge < -0.3 is 5.11 Å². The average molecular weight is 218 g/mol. The Balaban J connectivity index is 2.38. The van der Waals surface area contributed by atoms with E-state index in [4.69, 9.17) is 0 Å². The molecule has 1 atom stereocenters. The molecule has 0 saturated heterocycles. The van der Waals surface area contributed by atoms with Crippen LogP contribution in [0.2, 0.25) is 0 Å². The first-order valence-electron chi connectivity index (χ1n) is 4.87. The van der Waals surface area contributed by atoms with E-state index in [-0.39, 0.29) is 5.56 Å². The van der Waals surface area contributed by atoms with Crippen molar-refractivity contribution in [3.05, 3.63) is 59.4 Å². The minimum atomic E-state index is -1.03. The van der Waals surface area contributed by atoms with Crippen molar-refractivity contribution >= 4 is 0 Å². The van der Waals surface area contributed by atoms with E-state index in [0.29, 0.717) is 5.56 Å². The number of hydrogen-bond donors (Lipinski definition) is 1. The second-order valence-electron chi connectivity index (χ2n) is 3.60. The van der Waals surface area contributed by atoms with Gasteiger partial charge in [0.2, 0.25) is 0 Å². The fourth-order valence-electron chi connectivity index (χ4n) is 1.49. The van der Waals surface area contributed by atoms with Gasteiger partial charge in [-0.25, -0.2) is 14.4 Å². The van der Waals surface area contributed by atoms with Gasteiger partial charge in [-0.3, -0.25) is 0 Å². The average Bonchev–Trinajstić information content (AvgIpc) is 2.29. The first-order chi connectivity index (χ1) is 7.68. The van der Waals surface area contributed by atoms with Crippen LogP contribution in [0.25, 0.3) is 0 Å². The van der Waals surface area contributed by atoms with E-state index < -0.39 is 11.9 Å². The maximum atomic E-state index is 13.6. The van der Waals surface area contributed by atoms with Crippen LogP contribution in [0, 0.1) is 12.7 Å². The number of aliphatic hydroxyl groups excluding tert-OH is 1. The summed E-state index contributed by atoms with van der Waals surface area (Å²) in [4.78, 5) is 7.57. The van der Waals surface area contributed by atoms with Crippen LogP contribution in [0.1, 0.15) is 22.8 Å². The van der Waals surface area contributed by atoms with Crippen molar-refractivity contribution in [2.45, 2.75) is 13.0 Å². The molecule has 16 heavy (non-hydrogen) atoms. The van der Waals surface area contributed by atoms with E-state index in [9.17, 15) is 9.50 Å². The predicted molar refractivity (Wildman–Crippen MR) is 57.2 cm³/mol. The molecule has 0 spiro atoms. The summed E-state index contributed by atoms with van der Waals surface area (Å²) in [5.41, 5.74) is 1.53. The smallest absolute Gasteiger partial charge is 0.129 e.